The molecule has 0 unspecified atom stereocenters. The summed E-state index contributed by atoms with van der Waals surface area (Å²) in [5.41, 5.74) is 2.10. The van der Waals surface area contributed by atoms with Crippen LogP contribution in [0.3, 0.4) is 0 Å². The highest BCUT2D eigenvalue weighted by molar-refractivity contribution is 5.77. The zero-order valence-corrected chi connectivity index (χ0v) is 14.0. The molecule has 1 aromatic carbocycles. The Balaban J connectivity index is 2.31. The molecule has 0 saturated heterocycles. The summed E-state index contributed by atoms with van der Waals surface area (Å²) in [4.78, 5) is 40.0. The van der Waals surface area contributed by atoms with Crippen molar-refractivity contribution in [2.24, 2.45) is 19.2 Å². The average Bonchev–Trinajstić information content (AvgIpc) is 2.97. The van der Waals surface area contributed by atoms with Gasteiger partial charge in [0.25, 0.3) is 11.2 Å². The first-order chi connectivity index (χ1) is 12.4. The zero-order valence-electron chi connectivity index (χ0n) is 14.0. The molecule has 0 radical (unpaired) electrons. The number of aryl methyl sites for hydroxylation is 2. The lowest BCUT2D eigenvalue weighted by Gasteiger charge is -2.07. The van der Waals surface area contributed by atoms with Gasteiger partial charge < -0.3 is 4.57 Å². The monoisotopic (exact) mass is 357 g/mol. The molecule has 0 atom stereocenters. The Hall–Kier alpha value is -3.76. The lowest BCUT2D eigenvalue weighted by Crippen LogP contribution is -2.42. The molecule has 0 aliphatic carbocycles. The van der Waals surface area contributed by atoms with Crippen LogP contribution in [-0.2, 0) is 20.8 Å². The molecule has 3 rings (SSSR count). The van der Waals surface area contributed by atoms with E-state index in [9.17, 15) is 19.7 Å². The summed E-state index contributed by atoms with van der Waals surface area (Å²) in [6.45, 7) is 3.11. The molecule has 0 aliphatic heterocycles. The quantitative estimate of drug-likeness (QED) is 0.394. The number of imidazole rings is 1. The van der Waals surface area contributed by atoms with Crippen molar-refractivity contribution in [2.45, 2.75) is 6.67 Å². The Bertz CT molecular complexity index is 1160. The van der Waals surface area contributed by atoms with Gasteiger partial charge in [0.1, 0.15) is 12.5 Å². The molecule has 11 nitrogen and oxygen atoms in total. The Kier molecular flexibility index (Phi) is 4.12. The van der Waals surface area contributed by atoms with Gasteiger partial charge in [0, 0.05) is 38.5 Å². The molecule has 0 spiro atoms. The lowest BCUT2D eigenvalue weighted by atomic mass is 10.2. The standard InChI is InChI=1S/C15H15N7O4/c1-16-17-8-21-14(23)11-13(20(3)15(21)24)18-12(19(11)2)9-5-4-6-10(7-9)22(25)26/h4-7,17H,1,8H2,2-3H3. The predicted molar refractivity (Wildman–Crippen MR) is 95.0 cm³/mol. The van der Waals surface area contributed by atoms with E-state index in [0.717, 1.165) is 4.57 Å². The van der Waals surface area contributed by atoms with Crippen molar-refractivity contribution in [3.05, 3.63) is 55.2 Å². The predicted octanol–water partition coefficient (Wildman–Crippen LogP) is 0.172. The fraction of sp³-hybridized carbons (Fsp3) is 0.200. The van der Waals surface area contributed by atoms with Gasteiger partial charge in [0.15, 0.2) is 11.2 Å². The topological polar surface area (TPSA) is 129 Å². The third-order valence-electron chi connectivity index (χ3n) is 4.02. The summed E-state index contributed by atoms with van der Waals surface area (Å²) < 4.78 is 3.71. The number of aromatic nitrogens is 4. The molecule has 0 saturated carbocycles. The van der Waals surface area contributed by atoms with Crippen molar-refractivity contribution in [1.29, 1.82) is 0 Å². The summed E-state index contributed by atoms with van der Waals surface area (Å²) in [6, 6.07) is 5.90. The molecule has 2 heterocycles. The summed E-state index contributed by atoms with van der Waals surface area (Å²) in [5, 5.41) is 14.4. The highest BCUT2D eigenvalue weighted by Gasteiger charge is 2.20. The van der Waals surface area contributed by atoms with Crippen molar-refractivity contribution < 1.29 is 4.92 Å². The fourth-order valence-electron chi connectivity index (χ4n) is 2.72. The van der Waals surface area contributed by atoms with E-state index in [2.05, 4.69) is 22.2 Å². The fourth-order valence-corrected chi connectivity index (χ4v) is 2.72. The van der Waals surface area contributed by atoms with E-state index in [1.54, 1.807) is 13.1 Å². The number of nitrogens with one attached hydrogen (secondary N) is 1. The maximum absolute atomic E-state index is 12.7. The number of nitro benzene ring substituents is 1. The van der Waals surface area contributed by atoms with Gasteiger partial charge in [-0.3, -0.25) is 24.9 Å². The Morgan fingerprint density at radius 3 is 2.69 bits per heavy atom. The third-order valence-corrected chi connectivity index (χ3v) is 4.02. The highest BCUT2D eigenvalue weighted by atomic mass is 16.6. The van der Waals surface area contributed by atoms with Crippen LogP contribution in [0.2, 0.25) is 0 Å². The minimum Gasteiger partial charge on any atom is -0.321 e. The van der Waals surface area contributed by atoms with Crippen LogP contribution in [0.25, 0.3) is 22.6 Å². The molecule has 0 fully saturated rings. The van der Waals surface area contributed by atoms with E-state index < -0.39 is 16.2 Å². The van der Waals surface area contributed by atoms with Gasteiger partial charge in [0.05, 0.1) is 4.92 Å². The normalized spacial score (nSPS) is 10.8. The summed E-state index contributed by atoms with van der Waals surface area (Å²) >= 11 is 0. The first-order valence-electron chi connectivity index (χ1n) is 7.46. The van der Waals surface area contributed by atoms with Crippen molar-refractivity contribution in [3.8, 4) is 11.4 Å². The van der Waals surface area contributed by atoms with Crippen LogP contribution < -0.4 is 16.7 Å². The van der Waals surface area contributed by atoms with E-state index in [-0.39, 0.29) is 23.5 Å². The summed E-state index contributed by atoms with van der Waals surface area (Å²) in [6.07, 6.45) is 0. The zero-order chi connectivity index (χ0) is 19.0. The van der Waals surface area contributed by atoms with Crippen LogP contribution in [0.1, 0.15) is 0 Å². The average molecular weight is 357 g/mol. The number of benzene rings is 1. The molecular weight excluding hydrogens is 342 g/mol. The van der Waals surface area contributed by atoms with Gasteiger partial charge in [0.2, 0.25) is 0 Å². The SMILES string of the molecule is C=NNCn1c(=O)c2c(nc(-c3cccc([N+](=O)[O-])c3)n2C)n(C)c1=O. The van der Waals surface area contributed by atoms with E-state index in [1.165, 1.54) is 34.4 Å². The maximum Gasteiger partial charge on any atom is 0.334 e. The Morgan fingerprint density at radius 1 is 1.31 bits per heavy atom. The number of rotatable bonds is 5. The second-order valence-corrected chi connectivity index (χ2v) is 5.52. The van der Waals surface area contributed by atoms with Crippen LogP contribution in [0, 0.1) is 10.1 Å². The molecular formula is C15H15N7O4. The number of non-ortho nitro benzene ring substituents is 1. The first kappa shape index (κ1) is 17.1. The molecule has 26 heavy (non-hydrogen) atoms. The van der Waals surface area contributed by atoms with Gasteiger partial charge in [-0.1, -0.05) is 12.1 Å². The molecule has 2 aromatic heterocycles. The minimum absolute atomic E-state index is 0.0953. The van der Waals surface area contributed by atoms with E-state index in [4.69, 9.17) is 0 Å². The first-order valence-corrected chi connectivity index (χ1v) is 7.46. The maximum atomic E-state index is 12.7. The van der Waals surface area contributed by atoms with Crippen LogP contribution in [0.4, 0.5) is 5.69 Å². The summed E-state index contributed by atoms with van der Waals surface area (Å²) in [7, 11) is 3.10. The number of nitrogens with zero attached hydrogens (tertiary/aromatic N) is 6. The van der Waals surface area contributed by atoms with Gasteiger partial charge in [-0.15, -0.1) is 0 Å². The Morgan fingerprint density at radius 2 is 2.04 bits per heavy atom. The lowest BCUT2D eigenvalue weighted by molar-refractivity contribution is -0.384. The minimum atomic E-state index is -0.567. The van der Waals surface area contributed by atoms with Gasteiger partial charge in [-0.05, 0) is 0 Å². The van der Waals surface area contributed by atoms with E-state index >= 15 is 0 Å². The largest absolute Gasteiger partial charge is 0.334 e. The Labute approximate surface area is 146 Å². The van der Waals surface area contributed by atoms with Crippen LogP contribution >= 0.6 is 0 Å². The third kappa shape index (κ3) is 2.55. The van der Waals surface area contributed by atoms with Crippen LogP contribution in [-0.4, -0.2) is 30.3 Å². The molecule has 3 aromatic rings. The molecule has 11 heteroatoms. The smallest absolute Gasteiger partial charge is 0.321 e. The molecule has 0 amide bonds. The second kappa shape index (κ2) is 6.27. The van der Waals surface area contributed by atoms with Gasteiger partial charge in [-0.25, -0.2) is 14.3 Å². The van der Waals surface area contributed by atoms with Gasteiger partial charge in [-0.2, -0.15) is 5.10 Å². The summed E-state index contributed by atoms with van der Waals surface area (Å²) in [5.74, 6) is 0.336. The molecule has 134 valence electrons. The van der Waals surface area contributed by atoms with Crippen molar-refractivity contribution in [1.82, 2.24) is 24.1 Å². The van der Waals surface area contributed by atoms with Crippen molar-refractivity contribution in [3.63, 3.8) is 0 Å². The van der Waals surface area contributed by atoms with Crippen LogP contribution in [0.15, 0.2) is 39.0 Å². The van der Waals surface area contributed by atoms with Gasteiger partial charge >= 0.3 is 5.69 Å². The molecule has 0 bridgehead atoms. The van der Waals surface area contributed by atoms with Crippen LogP contribution in [0.5, 0.6) is 0 Å². The number of fused-ring (bicyclic) bond motifs is 1. The second-order valence-electron chi connectivity index (χ2n) is 5.52. The number of hydrazone groups is 1. The van der Waals surface area contributed by atoms with E-state index in [1.807, 2.05) is 0 Å². The highest BCUT2D eigenvalue weighted by Crippen LogP contribution is 2.24. The number of hydrogen-bond donors (Lipinski definition) is 1. The molecule has 1 N–H and O–H groups in total. The molecule has 0 aliphatic rings. The van der Waals surface area contributed by atoms with Crippen molar-refractivity contribution in [2.75, 3.05) is 0 Å². The number of hydrogen-bond acceptors (Lipinski definition) is 7. The number of nitro groups is 1. The van der Waals surface area contributed by atoms with Crippen molar-refractivity contribution >= 4 is 23.6 Å². The van der Waals surface area contributed by atoms with E-state index in [0.29, 0.717) is 11.4 Å².